The fraction of sp³-hybridized carbons (Fsp3) is 0.0526. The third-order valence-corrected chi connectivity index (χ3v) is 4.44. The van der Waals surface area contributed by atoms with Crippen LogP contribution in [0.3, 0.4) is 0 Å². The van der Waals surface area contributed by atoms with Crippen LogP contribution in [0, 0.1) is 6.92 Å². The van der Waals surface area contributed by atoms with Crippen LogP contribution in [-0.4, -0.2) is 12.1 Å². The van der Waals surface area contributed by atoms with Gasteiger partial charge in [0, 0.05) is 10.0 Å². The van der Waals surface area contributed by atoms with Gasteiger partial charge in [-0.3, -0.25) is 4.79 Å². The Morgan fingerprint density at radius 1 is 1.04 bits per heavy atom. The fourth-order valence-corrected chi connectivity index (χ4v) is 2.63. The second kappa shape index (κ2) is 6.75. The van der Waals surface area contributed by atoms with Crippen LogP contribution >= 0.6 is 15.9 Å². The number of carbonyl (C=O) groups excluding carboxylic acids is 1. The van der Waals surface area contributed by atoms with Gasteiger partial charge >= 0.3 is 0 Å². The Labute approximate surface area is 143 Å². The molecular weight excluding hydrogens is 352 g/mol. The molecule has 1 N–H and O–H groups in total. The van der Waals surface area contributed by atoms with Crippen molar-refractivity contribution in [3.63, 3.8) is 0 Å². The molecule has 3 rings (SSSR count). The van der Waals surface area contributed by atoms with Crippen molar-refractivity contribution in [3.05, 3.63) is 81.8 Å². The lowest BCUT2D eigenvalue weighted by Gasteiger charge is -2.03. The average molecular weight is 367 g/mol. The number of amides is 1. The van der Waals surface area contributed by atoms with E-state index >= 15 is 0 Å². The molecule has 3 aromatic rings. The van der Waals surface area contributed by atoms with Crippen molar-refractivity contribution >= 4 is 38.8 Å². The predicted octanol–water partition coefficient (Wildman–Crippen LogP) is 4.67. The zero-order valence-corrected chi connectivity index (χ0v) is 14.2. The van der Waals surface area contributed by atoms with Crippen LogP contribution in [0.15, 0.2) is 70.2 Å². The Bertz CT molecular complexity index is 903. The van der Waals surface area contributed by atoms with E-state index in [0.29, 0.717) is 5.56 Å². The minimum atomic E-state index is -0.234. The molecule has 1 amide bonds. The first-order valence-corrected chi connectivity index (χ1v) is 8.01. The SMILES string of the molecule is Cc1ccc(C(=O)NN=Cc2ccc3ccccc3c2)cc1Br. The van der Waals surface area contributed by atoms with Crippen molar-refractivity contribution in [3.8, 4) is 0 Å². The average Bonchev–Trinajstić information content (AvgIpc) is 2.57. The molecule has 114 valence electrons. The highest BCUT2D eigenvalue weighted by Crippen LogP contribution is 2.17. The van der Waals surface area contributed by atoms with Gasteiger partial charge in [-0.2, -0.15) is 5.10 Å². The van der Waals surface area contributed by atoms with Crippen molar-refractivity contribution in [2.24, 2.45) is 5.10 Å². The van der Waals surface area contributed by atoms with E-state index in [0.717, 1.165) is 21.0 Å². The van der Waals surface area contributed by atoms with Crippen LogP contribution in [0.25, 0.3) is 10.8 Å². The Morgan fingerprint density at radius 2 is 1.83 bits per heavy atom. The normalized spacial score (nSPS) is 11.0. The first kappa shape index (κ1) is 15.4. The van der Waals surface area contributed by atoms with Gasteiger partial charge in [0.15, 0.2) is 0 Å². The summed E-state index contributed by atoms with van der Waals surface area (Å²) < 4.78 is 0.906. The van der Waals surface area contributed by atoms with Crippen LogP contribution in [0.2, 0.25) is 0 Å². The number of aryl methyl sites for hydroxylation is 1. The Balaban J connectivity index is 1.71. The summed E-state index contributed by atoms with van der Waals surface area (Å²) in [5.74, 6) is -0.234. The molecular formula is C19H15BrN2O. The minimum Gasteiger partial charge on any atom is -0.267 e. The van der Waals surface area contributed by atoms with E-state index in [-0.39, 0.29) is 5.91 Å². The standard InChI is InChI=1S/C19H15BrN2O/c1-13-6-8-17(11-18(13)20)19(23)22-21-12-14-7-9-15-4-2-3-5-16(15)10-14/h2-12H,1H3,(H,22,23). The van der Waals surface area contributed by atoms with Gasteiger partial charge in [-0.1, -0.05) is 58.4 Å². The predicted molar refractivity (Wildman–Crippen MR) is 97.9 cm³/mol. The number of carbonyl (C=O) groups is 1. The Hall–Kier alpha value is -2.46. The van der Waals surface area contributed by atoms with E-state index < -0.39 is 0 Å². The van der Waals surface area contributed by atoms with Crippen LogP contribution < -0.4 is 5.43 Å². The Morgan fingerprint density at radius 3 is 2.61 bits per heavy atom. The molecule has 0 atom stereocenters. The van der Waals surface area contributed by atoms with Crippen molar-refractivity contribution in [1.82, 2.24) is 5.43 Å². The third kappa shape index (κ3) is 3.66. The van der Waals surface area contributed by atoms with Crippen LogP contribution in [0.4, 0.5) is 0 Å². The van der Waals surface area contributed by atoms with Crippen molar-refractivity contribution in [2.45, 2.75) is 6.92 Å². The van der Waals surface area contributed by atoms with E-state index in [4.69, 9.17) is 0 Å². The molecule has 0 aliphatic carbocycles. The fourth-order valence-electron chi connectivity index (χ4n) is 2.25. The van der Waals surface area contributed by atoms with E-state index in [1.807, 2.05) is 43.3 Å². The van der Waals surface area contributed by atoms with Crippen LogP contribution in [0.1, 0.15) is 21.5 Å². The monoisotopic (exact) mass is 366 g/mol. The van der Waals surface area contributed by atoms with Crippen molar-refractivity contribution in [2.75, 3.05) is 0 Å². The summed E-state index contributed by atoms with van der Waals surface area (Å²) in [5.41, 5.74) is 5.14. The molecule has 0 unspecified atom stereocenters. The first-order valence-electron chi connectivity index (χ1n) is 7.22. The number of benzene rings is 3. The van der Waals surface area contributed by atoms with E-state index in [9.17, 15) is 4.79 Å². The number of nitrogens with one attached hydrogen (secondary N) is 1. The van der Waals surface area contributed by atoms with Gasteiger partial charge in [0.05, 0.1) is 6.21 Å². The second-order valence-electron chi connectivity index (χ2n) is 5.27. The molecule has 0 spiro atoms. The zero-order chi connectivity index (χ0) is 16.2. The number of fused-ring (bicyclic) bond motifs is 1. The van der Waals surface area contributed by atoms with E-state index in [2.05, 4.69) is 38.6 Å². The molecule has 0 radical (unpaired) electrons. The van der Waals surface area contributed by atoms with Gasteiger partial charge in [0.25, 0.3) is 5.91 Å². The van der Waals surface area contributed by atoms with Gasteiger partial charge in [-0.05, 0) is 47.0 Å². The summed E-state index contributed by atoms with van der Waals surface area (Å²) in [5, 5.41) is 6.36. The second-order valence-corrected chi connectivity index (χ2v) is 6.12. The molecule has 23 heavy (non-hydrogen) atoms. The highest BCUT2D eigenvalue weighted by Gasteiger charge is 2.05. The lowest BCUT2D eigenvalue weighted by Crippen LogP contribution is -2.17. The molecule has 3 aromatic carbocycles. The Kier molecular flexibility index (Phi) is 4.53. The number of halogens is 1. The summed E-state index contributed by atoms with van der Waals surface area (Å²) in [7, 11) is 0. The van der Waals surface area contributed by atoms with Crippen LogP contribution in [-0.2, 0) is 0 Å². The van der Waals surface area contributed by atoms with Gasteiger partial charge in [0.1, 0.15) is 0 Å². The van der Waals surface area contributed by atoms with Gasteiger partial charge in [-0.25, -0.2) is 5.43 Å². The molecule has 0 fully saturated rings. The summed E-state index contributed by atoms with van der Waals surface area (Å²) in [6, 6.07) is 19.6. The van der Waals surface area contributed by atoms with Crippen LogP contribution in [0.5, 0.6) is 0 Å². The van der Waals surface area contributed by atoms with Gasteiger partial charge in [0.2, 0.25) is 0 Å². The minimum absolute atomic E-state index is 0.234. The highest BCUT2D eigenvalue weighted by molar-refractivity contribution is 9.10. The third-order valence-electron chi connectivity index (χ3n) is 3.59. The maximum absolute atomic E-state index is 12.1. The number of hydrazone groups is 1. The summed E-state index contributed by atoms with van der Waals surface area (Å²) in [6.45, 7) is 1.98. The number of nitrogens with zero attached hydrogens (tertiary/aromatic N) is 1. The maximum Gasteiger partial charge on any atom is 0.271 e. The lowest BCUT2D eigenvalue weighted by atomic mass is 10.1. The quantitative estimate of drug-likeness (QED) is 0.530. The molecule has 0 saturated heterocycles. The molecule has 3 nitrogen and oxygen atoms in total. The maximum atomic E-state index is 12.1. The molecule has 0 heterocycles. The summed E-state index contributed by atoms with van der Waals surface area (Å²) >= 11 is 3.42. The molecule has 4 heteroatoms. The number of hydrogen-bond acceptors (Lipinski definition) is 2. The van der Waals surface area contributed by atoms with Gasteiger partial charge in [-0.15, -0.1) is 0 Å². The number of hydrogen-bond donors (Lipinski definition) is 1. The topological polar surface area (TPSA) is 41.5 Å². The molecule has 0 aliphatic rings. The highest BCUT2D eigenvalue weighted by atomic mass is 79.9. The molecule has 0 aromatic heterocycles. The van der Waals surface area contributed by atoms with E-state index in [1.165, 1.54) is 5.39 Å². The lowest BCUT2D eigenvalue weighted by molar-refractivity contribution is 0.0955. The summed E-state index contributed by atoms with van der Waals surface area (Å²) in [6.07, 6.45) is 1.65. The summed E-state index contributed by atoms with van der Waals surface area (Å²) in [4.78, 5) is 12.1. The molecule has 0 saturated carbocycles. The van der Waals surface area contributed by atoms with Crippen molar-refractivity contribution in [1.29, 1.82) is 0 Å². The molecule has 0 aliphatic heterocycles. The molecule has 0 bridgehead atoms. The zero-order valence-electron chi connectivity index (χ0n) is 12.6. The van der Waals surface area contributed by atoms with Crippen molar-refractivity contribution < 1.29 is 4.79 Å². The first-order chi connectivity index (χ1) is 11.1. The van der Waals surface area contributed by atoms with Gasteiger partial charge < -0.3 is 0 Å². The largest absolute Gasteiger partial charge is 0.271 e. The smallest absolute Gasteiger partial charge is 0.267 e. The number of rotatable bonds is 3. The van der Waals surface area contributed by atoms with E-state index in [1.54, 1.807) is 18.3 Å².